The van der Waals surface area contributed by atoms with Gasteiger partial charge in [-0.05, 0) is 80.9 Å². The third-order valence-corrected chi connectivity index (χ3v) is 14.5. The van der Waals surface area contributed by atoms with Crippen molar-refractivity contribution in [2.45, 2.75) is 115 Å². The Balaban J connectivity index is 2.01. The third-order valence-electron chi connectivity index (χ3n) is 9.47. The molecule has 2 unspecified atom stereocenters. The van der Waals surface area contributed by atoms with Crippen molar-refractivity contribution < 1.29 is 27.5 Å². The fourth-order valence-electron chi connectivity index (χ4n) is 5.96. The summed E-state index contributed by atoms with van der Waals surface area (Å²) in [5.41, 5.74) is -3.06. The lowest BCUT2D eigenvalue weighted by Gasteiger charge is -2.38. The van der Waals surface area contributed by atoms with Gasteiger partial charge in [-0.1, -0.05) is 76.0 Å². The van der Waals surface area contributed by atoms with E-state index >= 15 is 8.78 Å². The van der Waals surface area contributed by atoms with Crippen LogP contribution in [0.2, 0.25) is 28.2 Å². The number of halogens is 4. The second-order valence-electron chi connectivity index (χ2n) is 15.8. The first kappa shape index (κ1) is 39.4. The first-order valence-electron chi connectivity index (χ1n) is 16.1. The maximum Gasteiger partial charge on any atom is 0.324 e. The van der Waals surface area contributed by atoms with E-state index in [9.17, 15) is 10.1 Å². The van der Waals surface area contributed by atoms with Crippen LogP contribution < -0.4 is 5.32 Å². The van der Waals surface area contributed by atoms with Crippen LogP contribution in [0.5, 0.6) is 0 Å². The van der Waals surface area contributed by atoms with Crippen LogP contribution in [0.25, 0.3) is 0 Å². The molecule has 0 radical (unpaired) electrons. The van der Waals surface area contributed by atoms with Crippen LogP contribution in [0.3, 0.4) is 0 Å². The molecule has 1 saturated heterocycles. The highest BCUT2D eigenvalue weighted by molar-refractivity contribution is 6.74. The predicted molar refractivity (Wildman–Crippen MR) is 186 cm³/mol. The number of nitriles is 1. The number of hydrogen-bond acceptors (Lipinski definition) is 6. The van der Waals surface area contributed by atoms with Gasteiger partial charge in [0.15, 0.2) is 8.32 Å². The Morgan fingerprint density at radius 2 is 1.68 bits per heavy atom. The average Bonchev–Trinajstić information content (AvgIpc) is 3.24. The van der Waals surface area contributed by atoms with E-state index in [1.54, 1.807) is 26.8 Å². The first-order valence-corrected chi connectivity index (χ1v) is 19.7. The van der Waals surface area contributed by atoms with Gasteiger partial charge < -0.3 is 13.9 Å². The van der Waals surface area contributed by atoms with Crippen molar-refractivity contribution >= 4 is 37.5 Å². The molecular formula is C36H50Cl2F2N2O4Si. The molecule has 1 aliphatic heterocycles. The van der Waals surface area contributed by atoms with Crippen LogP contribution in [-0.4, -0.2) is 51.8 Å². The molecule has 1 fully saturated rings. The molecule has 0 amide bonds. The molecule has 260 valence electrons. The minimum absolute atomic E-state index is 0.00663. The molecule has 0 saturated carbocycles. The van der Waals surface area contributed by atoms with Crippen molar-refractivity contribution in [3.8, 4) is 6.07 Å². The van der Waals surface area contributed by atoms with Crippen molar-refractivity contribution in [1.29, 1.82) is 5.26 Å². The fourth-order valence-corrected chi connectivity index (χ4v) is 7.33. The standard InChI is InChI=1S/C36H50Cl2F2N2O4Si/c1-33(2,3)46-32(43)31-29(24-12-11-13-26(38)30(24)40)36(22-41,25-15-14-23(37)20-27(25)39)28(42-31)21-35(7,8)16-17-44-18-19-45-47(9,10)34(4,5)6/h11-15,20,28-29,31,42H,16-19,21H2,1-10H3/t28-,29?,31+,36?/m0/s1. The molecule has 47 heavy (non-hydrogen) atoms. The Labute approximate surface area is 290 Å². The Morgan fingerprint density at radius 3 is 2.26 bits per heavy atom. The second kappa shape index (κ2) is 14.8. The van der Waals surface area contributed by atoms with Gasteiger partial charge in [-0.15, -0.1) is 0 Å². The SMILES string of the molecule is CC(C)(CCOCCO[Si](C)(C)C(C)(C)C)C[C@@H]1N[C@@H](C(=O)OC(C)(C)C)C(c2cccc(Cl)c2F)C1(C#N)c1ccc(Cl)cc1F. The minimum Gasteiger partial charge on any atom is -0.459 e. The van der Waals surface area contributed by atoms with Crippen LogP contribution >= 0.6 is 23.2 Å². The largest absolute Gasteiger partial charge is 0.459 e. The summed E-state index contributed by atoms with van der Waals surface area (Å²) < 4.78 is 49.8. The van der Waals surface area contributed by atoms with Gasteiger partial charge in [0.1, 0.15) is 28.7 Å². The van der Waals surface area contributed by atoms with Gasteiger partial charge >= 0.3 is 5.97 Å². The highest BCUT2D eigenvalue weighted by Gasteiger charge is 2.62. The van der Waals surface area contributed by atoms with Crippen LogP contribution in [0.4, 0.5) is 8.78 Å². The van der Waals surface area contributed by atoms with Crippen molar-refractivity contribution in [3.63, 3.8) is 0 Å². The number of benzene rings is 2. The Kier molecular flexibility index (Phi) is 12.4. The zero-order valence-electron chi connectivity index (χ0n) is 29.3. The molecule has 2 aromatic carbocycles. The second-order valence-corrected chi connectivity index (χ2v) is 21.4. The number of nitrogens with zero attached hydrogens (tertiary/aromatic N) is 1. The fraction of sp³-hybridized carbons (Fsp3) is 0.611. The summed E-state index contributed by atoms with van der Waals surface area (Å²) in [4.78, 5) is 13.8. The number of nitrogens with one attached hydrogen (secondary N) is 1. The molecule has 0 bridgehead atoms. The summed E-state index contributed by atoms with van der Waals surface area (Å²) in [6.07, 6.45) is 0.924. The lowest BCUT2D eigenvalue weighted by atomic mass is 9.62. The summed E-state index contributed by atoms with van der Waals surface area (Å²) in [6, 6.07) is 8.87. The highest BCUT2D eigenvalue weighted by Crippen LogP contribution is 2.53. The van der Waals surface area contributed by atoms with E-state index in [0.29, 0.717) is 32.7 Å². The van der Waals surface area contributed by atoms with Gasteiger partial charge in [0.2, 0.25) is 0 Å². The normalized spacial score (nSPS) is 22.3. The molecule has 1 aliphatic rings. The van der Waals surface area contributed by atoms with E-state index in [2.05, 4.69) is 45.3 Å². The summed E-state index contributed by atoms with van der Waals surface area (Å²) in [5.74, 6) is -3.38. The highest BCUT2D eigenvalue weighted by atomic mass is 35.5. The van der Waals surface area contributed by atoms with Crippen molar-refractivity contribution in [1.82, 2.24) is 5.32 Å². The molecule has 1 N–H and O–H groups in total. The molecule has 2 aromatic rings. The third kappa shape index (κ3) is 9.14. The van der Waals surface area contributed by atoms with Gasteiger partial charge in [-0.25, -0.2) is 8.78 Å². The molecule has 4 atom stereocenters. The molecule has 0 aliphatic carbocycles. The van der Waals surface area contributed by atoms with E-state index in [4.69, 9.17) is 37.1 Å². The zero-order valence-corrected chi connectivity index (χ0v) is 31.8. The van der Waals surface area contributed by atoms with Crippen LogP contribution in [-0.2, 0) is 24.1 Å². The molecule has 3 rings (SSSR count). The van der Waals surface area contributed by atoms with Gasteiger partial charge in [-0.2, -0.15) is 5.26 Å². The van der Waals surface area contributed by atoms with Crippen LogP contribution in [0.15, 0.2) is 36.4 Å². The summed E-state index contributed by atoms with van der Waals surface area (Å²) >= 11 is 12.4. The van der Waals surface area contributed by atoms with E-state index in [1.807, 2.05) is 13.8 Å². The van der Waals surface area contributed by atoms with Crippen LogP contribution in [0, 0.1) is 28.4 Å². The molecule has 1 heterocycles. The van der Waals surface area contributed by atoms with E-state index in [-0.39, 0.29) is 26.2 Å². The van der Waals surface area contributed by atoms with Gasteiger partial charge in [0.25, 0.3) is 0 Å². The topological polar surface area (TPSA) is 80.6 Å². The Bertz CT molecular complexity index is 1470. The number of carbonyl (C=O) groups excluding carboxylic acids is 1. The lowest BCUT2D eigenvalue weighted by molar-refractivity contribution is -0.157. The molecular weight excluding hydrogens is 661 g/mol. The average molecular weight is 712 g/mol. The maximum atomic E-state index is 16.0. The number of rotatable bonds is 12. The summed E-state index contributed by atoms with van der Waals surface area (Å²) in [7, 11) is -1.89. The zero-order chi connectivity index (χ0) is 35.6. The number of esters is 1. The molecule has 0 spiro atoms. The number of ether oxygens (including phenoxy) is 2. The molecule has 0 aromatic heterocycles. The lowest BCUT2D eigenvalue weighted by Crippen LogP contribution is -2.45. The maximum absolute atomic E-state index is 16.0. The monoisotopic (exact) mass is 710 g/mol. The van der Waals surface area contributed by atoms with Gasteiger partial charge in [-0.3, -0.25) is 10.1 Å². The quantitative estimate of drug-likeness (QED) is 0.134. The van der Waals surface area contributed by atoms with Crippen molar-refractivity contribution in [2.24, 2.45) is 5.41 Å². The summed E-state index contributed by atoms with van der Waals surface area (Å²) in [5, 5.41) is 14.5. The van der Waals surface area contributed by atoms with Crippen molar-refractivity contribution in [2.75, 3.05) is 19.8 Å². The van der Waals surface area contributed by atoms with Crippen LogP contribution in [0.1, 0.15) is 85.3 Å². The molecule has 6 nitrogen and oxygen atoms in total. The van der Waals surface area contributed by atoms with Gasteiger partial charge in [0.05, 0.1) is 24.3 Å². The molecule has 11 heteroatoms. The van der Waals surface area contributed by atoms with Crippen molar-refractivity contribution in [3.05, 3.63) is 69.2 Å². The smallest absolute Gasteiger partial charge is 0.324 e. The summed E-state index contributed by atoms with van der Waals surface area (Å²) in [6.45, 7) is 21.6. The van der Waals surface area contributed by atoms with Gasteiger partial charge in [0, 0.05) is 29.2 Å². The Morgan fingerprint density at radius 1 is 1.02 bits per heavy atom. The number of carbonyl (C=O) groups is 1. The van der Waals surface area contributed by atoms with E-state index in [1.165, 1.54) is 24.3 Å². The Hall–Kier alpha value is -2.06. The minimum atomic E-state index is -1.89. The van der Waals surface area contributed by atoms with E-state index in [0.717, 1.165) is 6.07 Å². The number of hydrogen-bond donors (Lipinski definition) is 1. The predicted octanol–water partition coefficient (Wildman–Crippen LogP) is 9.34. The van der Waals surface area contributed by atoms with E-state index < -0.39 is 60.4 Å². The first-order chi connectivity index (χ1) is 21.6.